The Morgan fingerprint density at radius 1 is 1.40 bits per heavy atom. The number of carbonyl (C=O) groups is 2. The number of aldehydes is 1. The summed E-state index contributed by atoms with van der Waals surface area (Å²) in [6, 6.07) is 8.58. The van der Waals surface area contributed by atoms with Crippen molar-refractivity contribution in [1.82, 2.24) is 0 Å². The van der Waals surface area contributed by atoms with Gasteiger partial charge in [-0.1, -0.05) is 18.2 Å². The van der Waals surface area contributed by atoms with Gasteiger partial charge in [0.05, 0.1) is 18.7 Å². The van der Waals surface area contributed by atoms with E-state index < -0.39 is 0 Å². The van der Waals surface area contributed by atoms with Crippen molar-refractivity contribution in [3.05, 3.63) is 35.9 Å². The number of benzene rings is 1. The summed E-state index contributed by atoms with van der Waals surface area (Å²) in [6.45, 7) is 1.63. The van der Waals surface area contributed by atoms with Crippen LogP contribution in [0.5, 0.6) is 0 Å². The van der Waals surface area contributed by atoms with Crippen LogP contribution < -0.4 is 5.73 Å². The van der Waals surface area contributed by atoms with Crippen LogP contribution in [0.3, 0.4) is 0 Å². The molecule has 15 heavy (non-hydrogen) atoms. The number of hydrogen-bond donors (Lipinski definition) is 1. The average molecular weight is 209 g/mol. The molecule has 0 bridgehead atoms. The van der Waals surface area contributed by atoms with Gasteiger partial charge in [0.15, 0.2) is 0 Å². The van der Waals surface area contributed by atoms with Crippen molar-refractivity contribution in [2.24, 2.45) is 5.73 Å². The molecule has 2 N–H and O–H groups in total. The molecule has 1 aromatic carbocycles. The molecule has 82 valence electrons. The predicted octanol–water partition coefficient (Wildman–Crippen LogP) is 1.01. The maximum atomic E-state index is 10.8. The third kappa shape index (κ3) is 6.40. The molecule has 0 amide bonds. The highest BCUT2D eigenvalue weighted by atomic mass is 16.5. The minimum Gasteiger partial charge on any atom is -0.465 e. The average Bonchev–Trinajstić information content (AvgIpc) is 2.30. The van der Waals surface area contributed by atoms with E-state index in [9.17, 15) is 9.59 Å². The van der Waals surface area contributed by atoms with Crippen LogP contribution in [0.2, 0.25) is 0 Å². The minimum atomic E-state index is -0.296. The molecule has 0 heterocycles. The summed E-state index contributed by atoms with van der Waals surface area (Å²) < 4.78 is 4.50. The van der Waals surface area contributed by atoms with Crippen molar-refractivity contribution in [3.63, 3.8) is 0 Å². The van der Waals surface area contributed by atoms with Gasteiger partial charge in [-0.2, -0.15) is 0 Å². The maximum absolute atomic E-state index is 10.8. The second-order valence-corrected chi connectivity index (χ2v) is 2.85. The molecule has 4 nitrogen and oxygen atoms in total. The number of nitrogens with two attached hydrogens (primary N) is 1. The smallest absolute Gasteiger partial charge is 0.337 e. The van der Waals surface area contributed by atoms with Crippen LogP contribution in [0.4, 0.5) is 0 Å². The van der Waals surface area contributed by atoms with E-state index in [1.165, 1.54) is 7.11 Å². The summed E-state index contributed by atoms with van der Waals surface area (Å²) >= 11 is 0. The van der Waals surface area contributed by atoms with Gasteiger partial charge in [0.2, 0.25) is 0 Å². The Labute approximate surface area is 89.0 Å². The Morgan fingerprint density at radius 2 is 1.87 bits per heavy atom. The quantitative estimate of drug-likeness (QED) is 0.583. The molecule has 0 aromatic heterocycles. The third-order valence-corrected chi connectivity index (χ3v) is 1.41. The SMILES string of the molecule is CC(N)C=O.COC(=O)c1ccccc1. The van der Waals surface area contributed by atoms with Gasteiger partial charge in [0.25, 0.3) is 0 Å². The van der Waals surface area contributed by atoms with Gasteiger partial charge in [-0.25, -0.2) is 4.79 Å². The molecule has 0 spiro atoms. The summed E-state index contributed by atoms with van der Waals surface area (Å²) in [7, 11) is 1.37. The van der Waals surface area contributed by atoms with Crippen LogP contribution in [0.15, 0.2) is 30.3 Å². The molecule has 0 saturated heterocycles. The van der Waals surface area contributed by atoms with E-state index in [0.29, 0.717) is 11.8 Å². The van der Waals surface area contributed by atoms with Crippen molar-refractivity contribution in [2.45, 2.75) is 13.0 Å². The van der Waals surface area contributed by atoms with Crippen molar-refractivity contribution in [1.29, 1.82) is 0 Å². The molecule has 1 aromatic rings. The Kier molecular flexibility index (Phi) is 6.84. The monoisotopic (exact) mass is 209 g/mol. The molecule has 0 aliphatic rings. The third-order valence-electron chi connectivity index (χ3n) is 1.41. The zero-order valence-corrected chi connectivity index (χ0v) is 8.84. The van der Waals surface area contributed by atoms with Gasteiger partial charge in [-0.05, 0) is 19.1 Å². The zero-order valence-electron chi connectivity index (χ0n) is 8.84. The molecule has 0 aliphatic heterocycles. The molecular weight excluding hydrogens is 194 g/mol. The van der Waals surface area contributed by atoms with E-state index in [2.05, 4.69) is 4.74 Å². The fourth-order valence-corrected chi connectivity index (χ4v) is 0.692. The number of esters is 1. The van der Waals surface area contributed by atoms with Crippen molar-refractivity contribution < 1.29 is 14.3 Å². The molecular formula is C11H15NO3. The highest BCUT2D eigenvalue weighted by molar-refractivity contribution is 5.89. The van der Waals surface area contributed by atoms with Crippen molar-refractivity contribution in [3.8, 4) is 0 Å². The largest absolute Gasteiger partial charge is 0.465 e. The van der Waals surface area contributed by atoms with E-state index in [1.807, 2.05) is 6.07 Å². The first-order valence-corrected chi connectivity index (χ1v) is 4.46. The van der Waals surface area contributed by atoms with E-state index in [0.717, 1.165) is 0 Å². The minimum absolute atomic E-state index is 0.291. The van der Waals surface area contributed by atoms with Crippen LogP contribution in [-0.2, 0) is 9.53 Å². The first-order valence-electron chi connectivity index (χ1n) is 4.46. The van der Waals surface area contributed by atoms with Crippen LogP contribution in [0, 0.1) is 0 Å². The summed E-state index contributed by atoms with van der Waals surface area (Å²) in [5, 5.41) is 0. The zero-order chi connectivity index (χ0) is 11.7. The molecule has 1 rings (SSSR count). The van der Waals surface area contributed by atoms with Crippen LogP contribution in [-0.4, -0.2) is 25.4 Å². The highest BCUT2D eigenvalue weighted by Gasteiger charge is 2.00. The van der Waals surface area contributed by atoms with Gasteiger partial charge in [-0.15, -0.1) is 0 Å². The van der Waals surface area contributed by atoms with E-state index >= 15 is 0 Å². The van der Waals surface area contributed by atoms with Gasteiger partial charge in [0.1, 0.15) is 6.29 Å². The lowest BCUT2D eigenvalue weighted by Gasteiger charge is -1.95. The second kappa shape index (κ2) is 7.70. The van der Waals surface area contributed by atoms with Gasteiger partial charge in [0, 0.05) is 0 Å². The molecule has 1 atom stereocenters. The second-order valence-electron chi connectivity index (χ2n) is 2.85. The lowest BCUT2D eigenvalue weighted by Crippen LogP contribution is -2.15. The van der Waals surface area contributed by atoms with E-state index in [4.69, 9.17) is 5.73 Å². The Bertz CT molecular complexity index is 296. The Hall–Kier alpha value is -1.68. The van der Waals surface area contributed by atoms with Gasteiger partial charge in [-0.3, -0.25) is 0 Å². The summed E-state index contributed by atoms with van der Waals surface area (Å²) in [6.07, 6.45) is 0.694. The maximum Gasteiger partial charge on any atom is 0.337 e. The summed E-state index contributed by atoms with van der Waals surface area (Å²) in [5.74, 6) is -0.291. The van der Waals surface area contributed by atoms with Gasteiger partial charge < -0.3 is 15.3 Å². The Morgan fingerprint density at radius 3 is 2.20 bits per heavy atom. The number of hydrogen-bond acceptors (Lipinski definition) is 4. The number of methoxy groups -OCH3 is 1. The van der Waals surface area contributed by atoms with E-state index in [1.54, 1.807) is 31.2 Å². The van der Waals surface area contributed by atoms with E-state index in [-0.39, 0.29) is 12.0 Å². The number of ether oxygens (including phenoxy) is 1. The summed E-state index contributed by atoms with van der Waals surface area (Å²) in [5.41, 5.74) is 5.51. The lowest BCUT2D eigenvalue weighted by molar-refractivity contribution is -0.108. The van der Waals surface area contributed by atoms with Crippen molar-refractivity contribution in [2.75, 3.05) is 7.11 Å². The Balaban J connectivity index is 0.000000336. The molecule has 0 saturated carbocycles. The molecule has 4 heteroatoms. The summed E-state index contributed by atoms with van der Waals surface area (Å²) in [4.78, 5) is 20.2. The lowest BCUT2D eigenvalue weighted by atomic mass is 10.2. The standard InChI is InChI=1S/C8H8O2.C3H7NO/c1-10-8(9)7-5-3-2-4-6-7;1-3(4)2-5/h2-6H,1H3;2-3H,4H2,1H3. The fourth-order valence-electron chi connectivity index (χ4n) is 0.692. The number of rotatable bonds is 2. The fraction of sp³-hybridized carbons (Fsp3) is 0.273. The molecule has 0 aliphatic carbocycles. The molecule has 1 unspecified atom stereocenters. The van der Waals surface area contributed by atoms with Crippen LogP contribution >= 0.6 is 0 Å². The number of carbonyl (C=O) groups excluding carboxylic acids is 2. The normalized spacial score (nSPS) is 10.6. The topological polar surface area (TPSA) is 69.4 Å². The first-order chi connectivity index (χ1) is 7.11. The van der Waals surface area contributed by atoms with Crippen molar-refractivity contribution >= 4 is 12.3 Å². The first kappa shape index (κ1) is 13.3. The van der Waals surface area contributed by atoms with Crippen LogP contribution in [0.25, 0.3) is 0 Å². The van der Waals surface area contributed by atoms with Crippen LogP contribution in [0.1, 0.15) is 17.3 Å². The molecule has 0 radical (unpaired) electrons. The highest BCUT2D eigenvalue weighted by Crippen LogP contribution is 1.98. The molecule has 0 fully saturated rings. The van der Waals surface area contributed by atoms with Gasteiger partial charge >= 0.3 is 5.97 Å². The predicted molar refractivity (Wildman–Crippen MR) is 57.5 cm³/mol.